The molecule has 5 nitrogen and oxygen atoms in total. The van der Waals surface area contributed by atoms with Crippen LogP contribution in [0.25, 0.3) is 0 Å². The summed E-state index contributed by atoms with van der Waals surface area (Å²) in [6, 6.07) is -0.121. The average molecular weight is 266 g/mol. The maximum absolute atomic E-state index is 12.2. The van der Waals surface area contributed by atoms with E-state index in [0.717, 1.165) is 0 Å². The predicted molar refractivity (Wildman–Crippen MR) is 63.0 cm³/mol. The number of aryl methyl sites for hydroxylation is 1. The Labute approximate surface area is 101 Å². The van der Waals surface area contributed by atoms with Gasteiger partial charge in [0.2, 0.25) is 10.0 Å². The van der Waals surface area contributed by atoms with Crippen LogP contribution in [0.1, 0.15) is 13.8 Å². The third kappa shape index (κ3) is 2.75. The Hall–Kier alpha value is -0.590. The van der Waals surface area contributed by atoms with Gasteiger partial charge in [0.1, 0.15) is 4.90 Å². The van der Waals surface area contributed by atoms with Gasteiger partial charge >= 0.3 is 0 Å². The van der Waals surface area contributed by atoms with Crippen LogP contribution in [0.5, 0.6) is 0 Å². The highest BCUT2D eigenvalue weighted by Gasteiger charge is 2.27. The van der Waals surface area contributed by atoms with Crippen molar-refractivity contribution in [3.8, 4) is 0 Å². The second kappa shape index (κ2) is 5.16. The Morgan fingerprint density at radius 1 is 1.56 bits per heavy atom. The zero-order chi connectivity index (χ0) is 12.3. The number of halogens is 1. The fraction of sp³-hybridized carbons (Fsp3) is 0.667. The van der Waals surface area contributed by atoms with Crippen molar-refractivity contribution in [2.75, 3.05) is 12.4 Å². The maximum atomic E-state index is 12.2. The second-order valence-corrected chi connectivity index (χ2v) is 6.02. The van der Waals surface area contributed by atoms with E-state index in [-0.39, 0.29) is 16.8 Å². The van der Waals surface area contributed by atoms with Crippen molar-refractivity contribution in [1.82, 2.24) is 14.1 Å². The smallest absolute Gasteiger partial charge is 0.246 e. The Morgan fingerprint density at radius 3 is 2.56 bits per heavy atom. The topological polar surface area (TPSA) is 55.2 Å². The molecule has 0 saturated heterocycles. The van der Waals surface area contributed by atoms with Gasteiger partial charge in [-0.1, -0.05) is 0 Å². The van der Waals surface area contributed by atoms with Crippen LogP contribution in [-0.2, 0) is 17.1 Å². The monoisotopic (exact) mass is 265 g/mol. The normalized spacial score (nSPS) is 12.6. The van der Waals surface area contributed by atoms with Crippen molar-refractivity contribution in [3.63, 3.8) is 0 Å². The molecule has 0 aliphatic carbocycles. The number of hydrogen-bond donors (Lipinski definition) is 0. The van der Waals surface area contributed by atoms with Gasteiger partial charge in [-0.25, -0.2) is 8.42 Å². The average Bonchev–Trinajstić information content (AvgIpc) is 2.61. The van der Waals surface area contributed by atoms with E-state index in [1.807, 2.05) is 13.8 Å². The quantitative estimate of drug-likeness (QED) is 0.748. The third-order valence-corrected chi connectivity index (χ3v) is 4.37. The minimum absolute atomic E-state index is 0.121. The van der Waals surface area contributed by atoms with E-state index in [0.29, 0.717) is 6.54 Å². The van der Waals surface area contributed by atoms with Gasteiger partial charge in [0.25, 0.3) is 0 Å². The molecule has 0 bridgehead atoms. The van der Waals surface area contributed by atoms with Gasteiger partial charge in [0.05, 0.1) is 6.20 Å². The fourth-order valence-corrected chi connectivity index (χ4v) is 3.31. The van der Waals surface area contributed by atoms with Crippen LogP contribution in [0.4, 0.5) is 0 Å². The summed E-state index contributed by atoms with van der Waals surface area (Å²) >= 11 is 5.61. The zero-order valence-electron chi connectivity index (χ0n) is 9.59. The zero-order valence-corrected chi connectivity index (χ0v) is 11.2. The van der Waals surface area contributed by atoms with Gasteiger partial charge in [-0.05, 0) is 13.8 Å². The molecular formula is C9H16ClN3O2S. The van der Waals surface area contributed by atoms with E-state index in [1.54, 1.807) is 7.05 Å². The highest BCUT2D eigenvalue weighted by molar-refractivity contribution is 7.89. The number of rotatable bonds is 5. The Bertz CT molecular complexity index is 441. The summed E-state index contributed by atoms with van der Waals surface area (Å²) in [5.41, 5.74) is 0. The molecule has 0 aliphatic rings. The molecule has 1 aromatic rings. The highest BCUT2D eigenvalue weighted by Crippen LogP contribution is 2.17. The third-order valence-electron chi connectivity index (χ3n) is 2.17. The van der Waals surface area contributed by atoms with Crippen molar-refractivity contribution < 1.29 is 8.42 Å². The second-order valence-electron chi connectivity index (χ2n) is 3.75. The lowest BCUT2D eigenvalue weighted by atomic mass is 10.4. The van der Waals surface area contributed by atoms with Gasteiger partial charge in [-0.2, -0.15) is 9.40 Å². The van der Waals surface area contributed by atoms with E-state index >= 15 is 0 Å². The predicted octanol–water partition coefficient (Wildman–Crippen LogP) is 1.06. The summed E-state index contributed by atoms with van der Waals surface area (Å²) in [4.78, 5) is 0.203. The highest BCUT2D eigenvalue weighted by atomic mass is 35.5. The molecule has 0 unspecified atom stereocenters. The van der Waals surface area contributed by atoms with Crippen LogP contribution in [0.3, 0.4) is 0 Å². The van der Waals surface area contributed by atoms with Crippen molar-refractivity contribution in [2.24, 2.45) is 7.05 Å². The molecule has 1 aromatic heterocycles. The van der Waals surface area contributed by atoms with Crippen LogP contribution >= 0.6 is 11.6 Å². The first-order chi connectivity index (χ1) is 7.39. The van der Waals surface area contributed by atoms with E-state index in [4.69, 9.17) is 11.6 Å². The minimum atomic E-state index is -3.48. The molecule has 0 radical (unpaired) electrons. The van der Waals surface area contributed by atoms with Gasteiger partial charge in [-0.15, -0.1) is 11.6 Å². The number of alkyl halides is 1. The van der Waals surface area contributed by atoms with E-state index in [9.17, 15) is 8.42 Å². The first-order valence-corrected chi connectivity index (χ1v) is 6.93. The first kappa shape index (κ1) is 13.5. The summed E-state index contributed by atoms with van der Waals surface area (Å²) in [5, 5.41) is 3.86. The summed E-state index contributed by atoms with van der Waals surface area (Å²) in [6.07, 6.45) is 2.83. The summed E-state index contributed by atoms with van der Waals surface area (Å²) in [6.45, 7) is 3.94. The maximum Gasteiger partial charge on any atom is 0.246 e. The van der Waals surface area contributed by atoms with E-state index in [1.165, 1.54) is 21.4 Å². The van der Waals surface area contributed by atoms with Crippen molar-refractivity contribution in [2.45, 2.75) is 24.8 Å². The standard InChI is InChI=1S/C9H16ClN3O2S/c1-8(2)13(5-4-10)16(14,15)9-6-11-12(3)7-9/h6-8H,4-5H2,1-3H3. The summed E-state index contributed by atoms with van der Waals surface area (Å²) in [5.74, 6) is 0.275. The molecule has 16 heavy (non-hydrogen) atoms. The van der Waals surface area contributed by atoms with E-state index in [2.05, 4.69) is 5.10 Å². The fourth-order valence-electron chi connectivity index (χ4n) is 1.41. The van der Waals surface area contributed by atoms with Crippen LogP contribution in [0, 0.1) is 0 Å². The van der Waals surface area contributed by atoms with Crippen molar-refractivity contribution in [1.29, 1.82) is 0 Å². The van der Waals surface area contributed by atoms with Crippen LogP contribution in [0.2, 0.25) is 0 Å². The number of hydrogen-bond acceptors (Lipinski definition) is 3. The molecule has 0 saturated carbocycles. The summed E-state index contributed by atoms with van der Waals surface area (Å²) in [7, 11) is -1.80. The molecule has 0 atom stereocenters. The Morgan fingerprint density at radius 2 is 2.19 bits per heavy atom. The lowest BCUT2D eigenvalue weighted by molar-refractivity contribution is 0.370. The summed E-state index contributed by atoms with van der Waals surface area (Å²) < 4.78 is 27.2. The number of nitrogens with zero attached hydrogens (tertiary/aromatic N) is 3. The van der Waals surface area contributed by atoms with Gasteiger partial charge in [-0.3, -0.25) is 4.68 Å². The van der Waals surface area contributed by atoms with Gasteiger partial charge in [0, 0.05) is 31.7 Å². The first-order valence-electron chi connectivity index (χ1n) is 4.96. The molecule has 0 fully saturated rings. The van der Waals surface area contributed by atoms with E-state index < -0.39 is 10.0 Å². The molecule has 7 heteroatoms. The molecule has 1 heterocycles. The Balaban J connectivity index is 3.08. The lowest BCUT2D eigenvalue weighted by Crippen LogP contribution is -2.38. The molecule has 92 valence electrons. The molecule has 0 N–H and O–H groups in total. The largest absolute Gasteiger partial charge is 0.274 e. The molecule has 0 amide bonds. The van der Waals surface area contributed by atoms with Gasteiger partial charge in [0.15, 0.2) is 0 Å². The SMILES string of the molecule is CC(C)N(CCCl)S(=O)(=O)c1cnn(C)c1. The molecule has 0 aromatic carbocycles. The van der Waals surface area contributed by atoms with Crippen LogP contribution < -0.4 is 0 Å². The molecular weight excluding hydrogens is 250 g/mol. The van der Waals surface area contributed by atoms with Gasteiger partial charge < -0.3 is 0 Å². The van der Waals surface area contributed by atoms with Crippen LogP contribution in [0.15, 0.2) is 17.3 Å². The number of aromatic nitrogens is 2. The molecule has 1 rings (SSSR count). The Kier molecular flexibility index (Phi) is 4.35. The molecule has 0 spiro atoms. The van der Waals surface area contributed by atoms with Crippen molar-refractivity contribution in [3.05, 3.63) is 12.4 Å². The number of sulfonamides is 1. The van der Waals surface area contributed by atoms with Crippen LogP contribution in [-0.4, -0.2) is 41.0 Å². The minimum Gasteiger partial charge on any atom is -0.274 e. The lowest BCUT2D eigenvalue weighted by Gasteiger charge is -2.24. The van der Waals surface area contributed by atoms with Crippen molar-refractivity contribution >= 4 is 21.6 Å². The molecule has 0 aliphatic heterocycles.